The Labute approximate surface area is 200 Å². The van der Waals surface area contributed by atoms with Crippen LogP contribution >= 0.6 is 0 Å². The Kier molecular flexibility index (Phi) is 4.65. The van der Waals surface area contributed by atoms with Crippen molar-refractivity contribution in [2.24, 2.45) is 0 Å². The third kappa shape index (κ3) is 3.31. The molecular formula is C25H31N5O3S. The maximum Gasteiger partial charge on any atom is 0.333 e. The average Bonchev–Trinajstić information content (AvgIpc) is 3.28. The molecule has 1 saturated carbocycles. The molecule has 2 amide bonds. The second kappa shape index (κ2) is 7.55. The van der Waals surface area contributed by atoms with Gasteiger partial charge in [0.1, 0.15) is 0 Å². The molecule has 9 heteroatoms. The van der Waals surface area contributed by atoms with Gasteiger partial charge in [-0.15, -0.1) is 0 Å². The molecule has 2 aromatic rings. The van der Waals surface area contributed by atoms with Crippen LogP contribution in [-0.2, 0) is 42.3 Å². The lowest BCUT2D eigenvalue weighted by Crippen LogP contribution is -2.36. The zero-order chi connectivity index (χ0) is 23.0. The van der Waals surface area contributed by atoms with E-state index in [1.54, 1.807) is 0 Å². The number of sulfonamides is 1. The topological polar surface area (TPSA) is 96.3 Å². The maximum atomic E-state index is 13.5. The van der Waals surface area contributed by atoms with Crippen LogP contribution in [0.25, 0.3) is 0 Å². The SMILES string of the molecule is O=C(Nc1c2c(cc3c1CCC3)CCC2)NS(=O)(=O)c1nn(C2CC2)c2c1CN1CCC2CC1. The molecule has 0 spiro atoms. The number of aromatic nitrogens is 2. The Morgan fingerprint density at radius 1 is 0.941 bits per heavy atom. The number of nitrogens with zero attached hydrogens (tertiary/aromatic N) is 3. The van der Waals surface area contributed by atoms with Gasteiger partial charge in [-0.3, -0.25) is 9.58 Å². The van der Waals surface area contributed by atoms with Crippen molar-refractivity contribution in [1.29, 1.82) is 0 Å². The number of hydrogen-bond acceptors (Lipinski definition) is 5. The molecule has 3 aliphatic carbocycles. The summed E-state index contributed by atoms with van der Waals surface area (Å²) in [7, 11) is -4.09. The minimum Gasteiger partial charge on any atom is -0.307 e. The normalized spacial score (nSPS) is 24.9. The highest BCUT2D eigenvalue weighted by Gasteiger charge is 2.41. The highest BCUT2D eigenvalue weighted by molar-refractivity contribution is 7.90. The molecule has 0 radical (unpaired) electrons. The van der Waals surface area contributed by atoms with Crippen LogP contribution in [0.4, 0.5) is 10.5 Å². The summed E-state index contributed by atoms with van der Waals surface area (Å²) in [4.78, 5) is 15.4. The molecule has 6 aliphatic rings. The summed E-state index contributed by atoms with van der Waals surface area (Å²) < 4.78 is 31.3. The van der Waals surface area contributed by atoms with Gasteiger partial charge in [0.15, 0.2) is 0 Å². The van der Waals surface area contributed by atoms with E-state index >= 15 is 0 Å². The van der Waals surface area contributed by atoms with E-state index in [0.29, 0.717) is 18.5 Å². The number of carbonyl (C=O) groups excluding carboxylic acids is 1. The minimum atomic E-state index is -4.09. The first-order valence-electron chi connectivity index (χ1n) is 12.8. The molecule has 0 unspecified atom stereocenters. The lowest BCUT2D eigenvalue weighted by atomic mass is 9.94. The van der Waals surface area contributed by atoms with Crippen LogP contribution in [0.2, 0.25) is 0 Å². The Hall–Kier alpha value is -2.39. The third-order valence-electron chi connectivity index (χ3n) is 8.45. The van der Waals surface area contributed by atoms with Gasteiger partial charge >= 0.3 is 6.03 Å². The second-order valence-electron chi connectivity index (χ2n) is 10.7. The highest BCUT2D eigenvalue weighted by atomic mass is 32.2. The van der Waals surface area contributed by atoms with E-state index in [-0.39, 0.29) is 5.03 Å². The molecule has 0 atom stereocenters. The summed E-state index contributed by atoms with van der Waals surface area (Å²) in [5, 5.41) is 7.63. The summed E-state index contributed by atoms with van der Waals surface area (Å²) in [6, 6.07) is 1.92. The molecule has 180 valence electrons. The van der Waals surface area contributed by atoms with E-state index in [1.807, 2.05) is 4.68 Å². The fraction of sp³-hybridized carbons (Fsp3) is 0.600. The molecule has 3 aliphatic heterocycles. The predicted molar refractivity (Wildman–Crippen MR) is 128 cm³/mol. The summed E-state index contributed by atoms with van der Waals surface area (Å²) in [5.74, 6) is 0.356. The van der Waals surface area contributed by atoms with E-state index in [9.17, 15) is 13.2 Å². The molecule has 2 fully saturated rings. The summed E-state index contributed by atoms with van der Waals surface area (Å²) in [6.07, 6.45) is 10.3. The van der Waals surface area contributed by atoms with Crippen molar-refractivity contribution in [3.05, 3.63) is 39.6 Å². The molecule has 8 rings (SSSR count). The molecular weight excluding hydrogens is 450 g/mol. The van der Waals surface area contributed by atoms with Gasteiger partial charge in [0.25, 0.3) is 10.0 Å². The van der Waals surface area contributed by atoms with E-state index in [1.165, 1.54) is 22.3 Å². The number of anilines is 1. The van der Waals surface area contributed by atoms with Gasteiger partial charge in [-0.25, -0.2) is 9.52 Å². The van der Waals surface area contributed by atoms with E-state index in [4.69, 9.17) is 0 Å². The molecule has 1 aromatic carbocycles. The van der Waals surface area contributed by atoms with Crippen LogP contribution in [0.15, 0.2) is 11.1 Å². The van der Waals surface area contributed by atoms with Crippen LogP contribution in [-0.4, -0.2) is 42.2 Å². The molecule has 1 aromatic heterocycles. The molecule has 4 heterocycles. The van der Waals surface area contributed by atoms with Crippen LogP contribution in [0, 0.1) is 0 Å². The zero-order valence-electron chi connectivity index (χ0n) is 19.4. The molecule has 34 heavy (non-hydrogen) atoms. The number of nitrogens with one attached hydrogen (secondary N) is 2. The fourth-order valence-corrected chi connectivity index (χ4v) is 7.80. The number of piperidine rings is 1. The lowest BCUT2D eigenvalue weighted by Gasteiger charge is -2.27. The van der Waals surface area contributed by atoms with Crippen LogP contribution in [0.1, 0.15) is 84.0 Å². The summed E-state index contributed by atoms with van der Waals surface area (Å²) in [6.45, 7) is 2.57. The van der Waals surface area contributed by atoms with E-state index < -0.39 is 16.1 Å². The Morgan fingerprint density at radius 2 is 1.62 bits per heavy atom. The van der Waals surface area contributed by atoms with Crippen molar-refractivity contribution in [3.8, 4) is 0 Å². The third-order valence-corrected chi connectivity index (χ3v) is 9.75. The summed E-state index contributed by atoms with van der Waals surface area (Å²) in [5.41, 5.74) is 7.72. The number of rotatable bonds is 4. The van der Waals surface area contributed by atoms with Gasteiger partial charge in [-0.05, 0) is 99.6 Å². The minimum absolute atomic E-state index is 0.0480. The first-order chi connectivity index (χ1) is 16.5. The number of urea groups is 1. The standard InChI is InChI=1S/C25H31N5O3S/c31-25(26-22-19-5-1-3-16(19)13-17-4-2-6-20(17)22)28-34(32,33)24-21-14-29-11-9-15(10-12-29)23(21)30(27-24)18-7-8-18/h13,15,18H,1-12,14H2,(H2,26,28,31). The largest absolute Gasteiger partial charge is 0.333 e. The van der Waals surface area contributed by atoms with Crippen molar-refractivity contribution in [3.63, 3.8) is 0 Å². The molecule has 8 nitrogen and oxygen atoms in total. The molecule has 2 bridgehead atoms. The van der Waals surface area contributed by atoms with Crippen molar-refractivity contribution < 1.29 is 13.2 Å². The van der Waals surface area contributed by atoms with Gasteiger partial charge in [-0.2, -0.15) is 13.5 Å². The number of fused-ring (bicyclic) bond motifs is 4. The number of benzene rings is 1. The van der Waals surface area contributed by atoms with Crippen molar-refractivity contribution in [2.45, 2.75) is 87.7 Å². The van der Waals surface area contributed by atoms with Gasteiger partial charge in [0.05, 0.1) is 6.04 Å². The predicted octanol–water partition coefficient (Wildman–Crippen LogP) is 3.40. The number of carbonyl (C=O) groups is 1. The number of hydrogen-bond donors (Lipinski definition) is 2. The van der Waals surface area contributed by atoms with Gasteiger partial charge in [-0.1, -0.05) is 6.07 Å². The smallest absolute Gasteiger partial charge is 0.307 e. The van der Waals surface area contributed by atoms with Crippen molar-refractivity contribution in [1.82, 2.24) is 19.4 Å². The Balaban J connectivity index is 1.21. The van der Waals surface area contributed by atoms with Crippen LogP contribution in [0.5, 0.6) is 0 Å². The monoisotopic (exact) mass is 481 g/mol. The van der Waals surface area contributed by atoms with Gasteiger partial charge < -0.3 is 5.32 Å². The fourth-order valence-electron chi connectivity index (χ4n) is 6.72. The zero-order valence-corrected chi connectivity index (χ0v) is 20.2. The van der Waals surface area contributed by atoms with Crippen molar-refractivity contribution >= 4 is 21.7 Å². The maximum absolute atomic E-state index is 13.5. The first-order valence-corrected chi connectivity index (χ1v) is 14.3. The quantitative estimate of drug-likeness (QED) is 0.698. The van der Waals surface area contributed by atoms with Crippen LogP contribution in [0.3, 0.4) is 0 Å². The number of amides is 2. The average molecular weight is 482 g/mol. The van der Waals surface area contributed by atoms with Crippen LogP contribution < -0.4 is 10.0 Å². The van der Waals surface area contributed by atoms with E-state index in [0.717, 1.165) is 94.2 Å². The van der Waals surface area contributed by atoms with E-state index in [2.05, 4.69) is 26.1 Å². The number of aryl methyl sites for hydroxylation is 2. The molecule has 2 N–H and O–H groups in total. The first kappa shape index (κ1) is 20.9. The second-order valence-corrected chi connectivity index (χ2v) is 12.3. The van der Waals surface area contributed by atoms with Gasteiger partial charge in [0, 0.05) is 29.4 Å². The Morgan fingerprint density at radius 3 is 2.26 bits per heavy atom. The lowest BCUT2D eigenvalue weighted by molar-refractivity contribution is 0.216. The van der Waals surface area contributed by atoms with Crippen molar-refractivity contribution in [2.75, 3.05) is 18.4 Å². The van der Waals surface area contributed by atoms with Gasteiger partial charge in [0.2, 0.25) is 5.03 Å². The highest BCUT2D eigenvalue weighted by Crippen LogP contribution is 2.44. The Bertz CT molecular complexity index is 1270. The molecule has 1 saturated heterocycles. The summed E-state index contributed by atoms with van der Waals surface area (Å²) >= 11 is 0.